The van der Waals surface area contributed by atoms with Gasteiger partial charge in [-0.15, -0.1) is 0 Å². The van der Waals surface area contributed by atoms with Gasteiger partial charge in [0.1, 0.15) is 5.76 Å². The number of furan rings is 1. The average molecular weight is 322 g/mol. The molecular formula is C15H16BrNO2. The summed E-state index contributed by atoms with van der Waals surface area (Å²) < 4.78 is 6.12. The molecule has 3 nitrogen and oxygen atoms in total. The van der Waals surface area contributed by atoms with E-state index in [-0.39, 0.29) is 11.9 Å². The molecule has 1 aromatic heterocycles. The Kier molecular flexibility index (Phi) is 4.43. The molecule has 1 unspecified atom stereocenters. The minimum Gasteiger partial charge on any atom is -0.469 e. The third-order valence-corrected chi connectivity index (χ3v) is 3.95. The monoisotopic (exact) mass is 321 g/mol. The Morgan fingerprint density at radius 1 is 1.37 bits per heavy atom. The number of aryl methyl sites for hydroxylation is 1. The maximum absolute atomic E-state index is 12.2. The second-order valence-electron chi connectivity index (χ2n) is 4.59. The van der Waals surface area contributed by atoms with Crippen molar-refractivity contribution in [2.45, 2.75) is 26.3 Å². The van der Waals surface area contributed by atoms with Crippen LogP contribution in [0.1, 0.15) is 28.6 Å². The lowest BCUT2D eigenvalue weighted by Gasteiger charge is -2.14. The highest BCUT2D eigenvalue weighted by Crippen LogP contribution is 2.21. The molecule has 1 atom stereocenters. The van der Waals surface area contributed by atoms with Gasteiger partial charge in [0.25, 0.3) is 5.91 Å². The molecule has 0 aliphatic rings. The fraction of sp³-hybridized carbons (Fsp3) is 0.267. The summed E-state index contributed by atoms with van der Waals surface area (Å²) in [6.07, 6.45) is 2.32. The van der Waals surface area contributed by atoms with Crippen LogP contribution in [0.2, 0.25) is 0 Å². The van der Waals surface area contributed by atoms with Crippen LogP contribution in [0.4, 0.5) is 0 Å². The topological polar surface area (TPSA) is 42.2 Å². The fourth-order valence-corrected chi connectivity index (χ4v) is 2.35. The molecule has 0 radical (unpaired) electrons. The van der Waals surface area contributed by atoms with Crippen molar-refractivity contribution in [3.8, 4) is 0 Å². The molecule has 1 N–H and O–H groups in total. The van der Waals surface area contributed by atoms with Gasteiger partial charge >= 0.3 is 0 Å². The number of hydrogen-bond acceptors (Lipinski definition) is 2. The maximum Gasteiger partial charge on any atom is 0.252 e. The van der Waals surface area contributed by atoms with Gasteiger partial charge in [0.2, 0.25) is 0 Å². The SMILES string of the molecule is Cc1cccc(C(=O)NC(C)Cc2ccco2)c1Br. The Balaban J connectivity index is 2.02. The van der Waals surface area contributed by atoms with Crippen molar-refractivity contribution in [1.82, 2.24) is 5.32 Å². The first kappa shape index (κ1) is 13.9. The van der Waals surface area contributed by atoms with E-state index in [1.165, 1.54) is 0 Å². The van der Waals surface area contributed by atoms with E-state index in [9.17, 15) is 4.79 Å². The summed E-state index contributed by atoms with van der Waals surface area (Å²) in [6.45, 7) is 3.93. The van der Waals surface area contributed by atoms with Crippen molar-refractivity contribution in [3.05, 3.63) is 58.0 Å². The lowest BCUT2D eigenvalue weighted by atomic mass is 10.1. The Morgan fingerprint density at radius 2 is 2.16 bits per heavy atom. The first-order chi connectivity index (χ1) is 9.08. The van der Waals surface area contributed by atoms with E-state index in [2.05, 4.69) is 21.2 Å². The summed E-state index contributed by atoms with van der Waals surface area (Å²) in [5.41, 5.74) is 1.71. The number of rotatable bonds is 4. The minimum absolute atomic E-state index is 0.0195. The first-order valence-corrected chi connectivity index (χ1v) is 6.95. The molecule has 1 aromatic carbocycles. The summed E-state index contributed by atoms with van der Waals surface area (Å²) in [5, 5.41) is 2.97. The highest BCUT2D eigenvalue weighted by atomic mass is 79.9. The van der Waals surface area contributed by atoms with Crippen LogP contribution in [-0.2, 0) is 6.42 Å². The molecule has 0 saturated heterocycles. The van der Waals surface area contributed by atoms with Gasteiger partial charge in [0.05, 0.1) is 11.8 Å². The van der Waals surface area contributed by atoms with Crippen LogP contribution in [0, 0.1) is 6.92 Å². The minimum atomic E-state index is -0.0744. The van der Waals surface area contributed by atoms with Gasteiger partial charge in [0, 0.05) is 16.9 Å². The van der Waals surface area contributed by atoms with Crippen LogP contribution in [0.3, 0.4) is 0 Å². The molecule has 0 aliphatic carbocycles. The van der Waals surface area contributed by atoms with Crippen LogP contribution in [0.5, 0.6) is 0 Å². The number of carbonyl (C=O) groups is 1. The Bertz CT molecular complexity index is 564. The van der Waals surface area contributed by atoms with Crippen molar-refractivity contribution < 1.29 is 9.21 Å². The van der Waals surface area contributed by atoms with Crippen molar-refractivity contribution in [2.24, 2.45) is 0 Å². The highest BCUT2D eigenvalue weighted by Gasteiger charge is 2.14. The summed E-state index contributed by atoms with van der Waals surface area (Å²) >= 11 is 3.45. The normalized spacial score (nSPS) is 12.2. The van der Waals surface area contributed by atoms with E-state index in [1.807, 2.05) is 44.2 Å². The van der Waals surface area contributed by atoms with Gasteiger partial charge in [0.15, 0.2) is 0 Å². The molecule has 19 heavy (non-hydrogen) atoms. The molecule has 0 aliphatic heterocycles. The van der Waals surface area contributed by atoms with Crippen LogP contribution < -0.4 is 5.32 Å². The molecule has 2 aromatic rings. The van der Waals surface area contributed by atoms with Gasteiger partial charge < -0.3 is 9.73 Å². The zero-order valence-corrected chi connectivity index (χ0v) is 12.5. The molecule has 0 spiro atoms. The second-order valence-corrected chi connectivity index (χ2v) is 5.39. The van der Waals surface area contributed by atoms with Gasteiger partial charge in [-0.2, -0.15) is 0 Å². The highest BCUT2D eigenvalue weighted by molar-refractivity contribution is 9.10. The molecule has 4 heteroatoms. The Hall–Kier alpha value is -1.55. The summed E-state index contributed by atoms with van der Waals surface area (Å²) in [4.78, 5) is 12.2. The van der Waals surface area contributed by atoms with Gasteiger partial charge in [-0.3, -0.25) is 4.79 Å². The zero-order valence-electron chi connectivity index (χ0n) is 10.9. The molecule has 0 fully saturated rings. The van der Waals surface area contributed by atoms with Crippen LogP contribution >= 0.6 is 15.9 Å². The predicted molar refractivity (Wildman–Crippen MR) is 78.2 cm³/mol. The largest absolute Gasteiger partial charge is 0.469 e. The molecule has 1 amide bonds. The van der Waals surface area contributed by atoms with E-state index in [0.29, 0.717) is 12.0 Å². The van der Waals surface area contributed by atoms with Crippen molar-refractivity contribution in [3.63, 3.8) is 0 Å². The molecule has 0 saturated carbocycles. The Labute approximate surface area is 121 Å². The van der Waals surface area contributed by atoms with E-state index >= 15 is 0 Å². The number of halogens is 1. The third kappa shape index (κ3) is 3.47. The number of amides is 1. The van der Waals surface area contributed by atoms with E-state index in [1.54, 1.807) is 6.26 Å². The summed E-state index contributed by atoms with van der Waals surface area (Å²) in [6, 6.07) is 9.43. The van der Waals surface area contributed by atoms with Crippen LogP contribution in [0.15, 0.2) is 45.5 Å². The quantitative estimate of drug-likeness (QED) is 0.932. The lowest BCUT2D eigenvalue weighted by Crippen LogP contribution is -2.34. The summed E-state index contributed by atoms with van der Waals surface area (Å²) in [5.74, 6) is 0.797. The molecule has 1 heterocycles. The Morgan fingerprint density at radius 3 is 2.84 bits per heavy atom. The van der Waals surface area contributed by atoms with Crippen molar-refractivity contribution >= 4 is 21.8 Å². The second kappa shape index (κ2) is 6.06. The predicted octanol–water partition coefficient (Wildman–Crippen LogP) is 3.71. The van der Waals surface area contributed by atoms with Crippen molar-refractivity contribution in [2.75, 3.05) is 0 Å². The maximum atomic E-state index is 12.2. The molecule has 0 bridgehead atoms. The van der Waals surface area contributed by atoms with Gasteiger partial charge in [-0.25, -0.2) is 0 Å². The first-order valence-electron chi connectivity index (χ1n) is 6.16. The number of hydrogen-bond donors (Lipinski definition) is 1. The summed E-state index contributed by atoms with van der Waals surface area (Å²) in [7, 11) is 0. The van der Waals surface area contributed by atoms with Crippen molar-refractivity contribution in [1.29, 1.82) is 0 Å². The lowest BCUT2D eigenvalue weighted by molar-refractivity contribution is 0.0938. The van der Waals surface area contributed by atoms with Gasteiger partial charge in [-0.05, 0) is 53.5 Å². The number of carbonyl (C=O) groups excluding carboxylic acids is 1. The molecule has 2 rings (SSSR count). The van der Waals surface area contributed by atoms with E-state index in [4.69, 9.17) is 4.42 Å². The molecular weight excluding hydrogens is 306 g/mol. The molecule has 100 valence electrons. The van der Waals surface area contributed by atoms with Crippen LogP contribution in [0.25, 0.3) is 0 Å². The zero-order chi connectivity index (χ0) is 13.8. The van der Waals surface area contributed by atoms with E-state index in [0.717, 1.165) is 15.8 Å². The number of benzene rings is 1. The standard InChI is InChI=1S/C15H16BrNO2/c1-10-5-3-7-13(14(10)16)15(18)17-11(2)9-12-6-4-8-19-12/h3-8,11H,9H2,1-2H3,(H,17,18). The number of nitrogens with one attached hydrogen (secondary N) is 1. The third-order valence-electron chi connectivity index (χ3n) is 2.90. The smallest absolute Gasteiger partial charge is 0.252 e. The van der Waals surface area contributed by atoms with Gasteiger partial charge in [-0.1, -0.05) is 12.1 Å². The van der Waals surface area contributed by atoms with E-state index < -0.39 is 0 Å². The van der Waals surface area contributed by atoms with Crippen LogP contribution in [-0.4, -0.2) is 11.9 Å². The average Bonchev–Trinajstić information content (AvgIpc) is 2.85. The fourth-order valence-electron chi connectivity index (χ4n) is 1.91.